The van der Waals surface area contributed by atoms with Crippen LogP contribution in [0, 0.1) is 0 Å². The van der Waals surface area contributed by atoms with E-state index >= 15 is 0 Å². The molecule has 1 aliphatic heterocycles. The molecule has 0 spiro atoms. The number of hydrogen-bond donors (Lipinski definition) is 0. The number of ether oxygens (including phenoxy) is 1. The van der Waals surface area contributed by atoms with Gasteiger partial charge in [0.25, 0.3) is 0 Å². The Morgan fingerprint density at radius 2 is 1.57 bits per heavy atom. The zero-order valence-corrected chi connectivity index (χ0v) is 15.1. The molecule has 0 bridgehead atoms. The smallest absolute Gasteiger partial charge is 0.119 e. The van der Waals surface area contributed by atoms with E-state index in [-0.39, 0.29) is 0 Å². The van der Waals surface area contributed by atoms with Gasteiger partial charge in [0.2, 0.25) is 0 Å². The molecule has 120 valence electrons. The normalized spacial score (nSPS) is 24.2. The Morgan fingerprint density at radius 1 is 0.913 bits per heavy atom. The largest absolute Gasteiger partial charge is 0.490 e. The van der Waals surface area contributed by atoms with Crippen molar-refractivity contribution in [3.8, 4) is 5.75 Å². The summed E-state index contributed by atoms with van der Waals surface area (Å²) in [6, 6.07) is 18.9. The molecule has 1 heterocycles. The fourth-order valence-corrected chi connectivity index (χ4v) is 5.96. The molecule has 2 atom stereocenters. The van der Waals surface area contributed by atoms with Gasteiger partial charge in [-0.25, -0.2) is 0 Å². The van der Waals surface area contributed by atoms with Crippen LogP contribution in [-0.4, -0.2) is 17.1 Å². The van der Waals surface area contributed by atoms with Crippen LogP contribution in [0.1, 0.15) is 29.6 Å². The highest BCUT2D eigenvalue weighted by Crippen LogP contribution is 2.53. The van der Waals surface area contributed by atoms with E-state index in [2.05, 4.69) is 85.9 Å². The van der Waals surface area contributed by atoms with Crippen molar-refractivity contribution in [3.63, 3.8) is 0 Å². The van der Waals surface area contributed by atoms with Crippen LogP contribution in [0.4, 0.5) is 0 Å². The van der Waals surface area contributed by atoms with E-state index in [0.717, 1.165) is 16.2 Å². The first-order valence-corrected chi connectivity index (χ1v) is 9.86. The van der Waals surface area contributed by atoms with Gasteiger partial charge in [0.15, 0.2) is 0 Å². The topological polar surface area (TPSA) is 9.23 Å². The predicted molar refractivity (Wildman–Crippen MR) is 104 cm³/mol. The lowest BCUT2D eigenvalue weighted by Crippen LogP contribution is -2.04. The first kappa shape index (κ1) is 16.5. The van der Waals surface area contributed by atoms with E-state index in [1.54, 1.807) is 0 Å². The van der Waals surface area contributed by atoms with Gasteiger partial charge in [-0.2, -0.15) is 0 Å². The Kier molecular flexibility index (Phi) is 5.74. The lowest BCUT2D eigenvalue weighted by molar-refractivity contribution is 0.363. The lowest BCUT2D eigenvalue weighted by Gasteiger charge is -2.10. The average Bonchev–Trinajstić information content (AvgIpc) is 2.92. The van der Waals surface area contributed by atoms with Crippen molar-refractivity contribution in [2.45, 2.75) is 28.9 Å². The molecule has 0 N–H and O–H groups in total. The molecule has 3 heteroatoms. The summed E-state index contributed by atoms with van der Waals surface area (Å²) in [5.41, 5.74) is 2.59. The molecular weight excluding hydrogens is 320 g/mol. The maximum atomic E-state index is 5.79. The summed E-state index contributed by atoms with van der Waals surface area (Å²) in [6.07, 6.45) is 4.14. The average molecular weight is 343 g/mol. The van der Waals surface area contributed by atoms with Crippen LogP contribution in [-0.2, 0) is 0 Å². The fourth-order valence-electron chi connectivity index (χ4n) is 2.41. The Labute approximate surface area is 147 Å². The van der Waals surface area contributed by atoms with E-state index in [9.17, 15) is 0 Å². The molecule has 1 saturated heterocycles. The van der Waals surface area contributed by atoms with Crippen LogP contribution in [0.25, 0.3) is 6.08 Å². The fraction of sp³-hybridized carbons (Fsp3) is 0.300. The summed E-state index contributed by atoms with van der Waals surface area (Å²) in [6.45, 7) is 5.23. The molecule has 1 aliphatic rings. The summed E-state index contributed by atoms with van der Waals surface area (Å²) >= 11 is 4.13. The first-order valence-electron chi connectivity index (χ1n) is 7.97. The predicted octanol–water partition coefficient (Wildman–Crippen LogP) is 6.03. The van der Waals surface area contributed by atoms with E-state index < -0.39 is 0 Å². The third-order valence-electron chi connectivity index (χ3n) is 3.95. The van der Waals surface area contributed by atoms with E-state index in [1.165, 1.54) is 11.1 Å². The van der Waals surface area contributed by atoms with Gasteiger partial charge in [-0.15, -0.1) is 23.5 Å². The molecule has 0 aliphatic carbocycles. The van der Waals surface area contributed by atoms with Gasteiger partial charge in [0, 0.05) is 10.5 Å². The van der Waals surface area contributed by atoms with Gasteiger partial charge in [-0.05, 0) is 29.3 Å². The lowest BCUT2D eigenvalue weighted by atomic mass is 10.2. The highest BCUT2D eigenvalue weighted by molar-refractivity contribution is 8.20. The first-order chi connectivity index (χ1) is 11.2. The SMILES string of the molecule is CC1SC(c2ccc(OCC=Cc3ccccc3)cc2)SC1C. The van der Waals surface area contributed by atoms with Crippen LogP contribution in [0.5, 0.6) is 5.75 Å². The zero-order valence-electron chi connectivity index (χ0n) is 13.5. The van der Waals surface area contributed by atoms with Crippen LogP contribution in [0.2, 0.25) is 0 Å². The van der Waals surface area contributed by atoms with E-state index in [1.807, 2.05) is 18.2 Å². The summed E-state index contributed by atoms with van der Waals surface area (Å²) < 4.78 is 6.35. The Balaban J connectivity index is 1.51. The Hall–Kier alpha value is -1.32. The molecular formula is C20H22OS2. The minimum atomic E-state index is 0.562. The van der Waals surface area contributed by atoms with Gasteiger partial charge in [0.1, 0.15) is 12.4 Å². The highest BCUT2D eigenvalue weighted by atomic mass is 32.2. The molecule has 2 aromatic carbocycles. The molecule has 0 saturated carbocycles. The van der Waals surface area contributed by atoms with E-state index in [4.69, 9.17) is 4.74 Å². The third kappa shape index (κ3) is 4.58. The van der Waals surface area contributed by atoms with Crippen LogP contribution in [0.15, 0.2) is 60.7 Å². The highest BCUT2D eigenvalue weighted by Gasteiger charge is 2.30. The van der Waals surface area contributed by atoms with Gasteiger partial charge in [0.05, 0.1) is 4.58 Å². The Bertz CT molecular complexity index is 626. The minimum absolute atomic E-state index is 0.562. The van der Waals surface area contributed by atoms with Gasteiger partial charge < -0.3 is 4.74 Å². The van der Waals surface area contributed by atoms with Crippen molar-refractivity contribution >= 4 is 29.6 Å². The summed E-state index contributed by atoms with van der Waals surface area (Å²) in [5.74, 6) is 0.931. The van der Waals surface area contributed by atoms with Crippen molar-refractivity contribution < 1.29 is 4.74 Å². The minimum Gasteiger partial charge on any atom is -0.490 e. The van der Waals surface area contributed by atoms with Crippen molar-refractivity contribution in [2.24, 2.45) is 0 Å². The van der Waals surface area contributed by atoms with Crippen LogP contribution >= 0.6 is 23.5 Å². The zero-order chi connectivity index (χ0) is 16.1. The van der Waals surface area contributed by atoms with Crippen molar-refractivity contribution in [3.05, 3.63) is 71.8 Å². The van der Waals surface area contributed by atoms with Gasteiger partial charge >= 0.3 is 0 Å². The molecule has 0 radical (unpaired) electrons. The molecule has 2 aromatic rings. The monoisotopic (exact) mass is 342 g/mol. The summed E-state index contributed by atoms with van der Waals surface area (Å²) in [4.78, 5) is 0. The molecule has 1 nitrogen and oxygen atoms in total. The van der Waals surface area contributed by atoms with Gasteiger partial charge in [-0.3, -0.25) is 0 Å². The van der Waals surface area contributed by atoms with Crippen LogP contribution in [0.3, 0.4) is 0 Å². The second-order valence-corrected chi connectivity index (χ2v) is 8.98. The number of rotatable bonds is 5. The van der Waals surface area contributed by atoms with Crippen molar-refractivity contribution in [1.29, 1.82) is 0 Å². The molecule has 23 heavy (non-hydrogen) atoms. The summed E-state index contributed by atoms with van der Waals surface area (Å²) in [7, 11) is 0. The quantitative estimate of drug-likeness (QED) is 0.656. The molecule has 3 rings (SSSR count). The van der Waals surface area contributed by atoms with Crippen molar-refractivity contribution in [2.75, 3.05) is 6.61 Å². The van der Waals surface area contributed by atoms with Gasteiger partial charge in [-0.1, -0.05) is 62.4 Å². The van der Waals surface area contributed by atoms with Crippen molar-refractivity contribution in [1.82, 2.24) is 0 Å². The van der Waals surface area contributed by atoms with E-state index in [0.29, 0.717) is 11.2 Å². The van der Waals surface area contributed by atoms with Crippen LogP contribution < -0.4 is 4.74 Å². The molecule has 1 fully saturated rings. The Morgan fingerprint density at radius 3 is 2.22 bits per heavy atom. The molecule has 0 amide bonds. The maximum Gasteiger partial charge on any atom is 0.119 e. The summed E-state index contributed by atoms with van der Waals surface area (Å²) in [5, 5.41) is 1.45. The maximum absolute atomic E-state index is 5.79. The second kappa shape index (κ2) is 7.98. The third-order valence-corrected chi connectivity index (χ3v) is 7.50. The number of thioether (sulfide) groups is 2. The number of benzene rings is 2. The number of hydrogen-bond acceptors (Lipinski definition) is 3. The standard InChI is InChI=1S/C20H22OS2/c1-15-16(2)23-20(22-15)18-10-12-19(13-11-18)21-14-6-9-17-7-4-3-5-8-17/h3-13,15-16,20H,14H2,1-2H3. The molecule has 0 aromatic heterocycles. The second-order valence-electron chi connectivity index (χ2n) is 5.71. The molecule has 2 unspecified atom stereocenters.